The highest BCUT2D eigenvalue weighted by Gasteiger charge is 2.28. The molecular formula is C12H20F3N3O2. The van der Waals surface area contributed by atoms with Crippen molar-refractivity contribution in [3.63, 3.8) is 0 Å². The fraction of sp³-hybridized carbons (Fsp3) is 0.833. The van der Waals surface area contributed by atoms with Crippen molar-refractivity contribution in [3.05, 3.63) is 0 Å². The van der Waals surface area contributed by atoms with Crippen LogP contribution in [0.15, 0.2) is 0 Å². The topological polar surface area (TPSA) is 61.4 Å². The average molecular weight is 295 g/mol. The SMILES string of the molecule is CN(CC(=O)NCC(F)(F)F)C(=O)CCC1CCNC1. The van der Waals surface area contributed by atoms with Crippen LogP contribution in [0, 0.1) is 5.92 Å². The lowest BCUT2D eigenvalue weighted by molar-refractivity contribution is -0.141. The number of nitrogens with zero attached hydrogens (tertiary/aromatic N) is 1. The Balaban J connectivity index is 2.21. The van der Waals surface area contributed by atoms with Crippen LogP contribution in [0.1, 0.15) is 19.3 Å². The van der Waals surface area contributed by atoms with Gasteiger partial charge in [0.15, 0.2) is 0 Å². The number of halogens is 3. The van der Waals surface area contributed by atoms with Gasteiger partial charge in [0.2, 0.25) is 11.8 Å². The summed E-state index contributed by atoms with van der Waals surface area (Å²) in [5.41, 5.74) is 0. The second-order valence-corrected chi connectivity index (χ2v) is 5.04. The van der Waals surface area contributed by atoms with Crippen molar-refractivity contribution in [2.75, 3.05) is 33.2 Å². The summed E-state index contributed by atoms with van der Waals surface area (Å²) in [4.78, 5) is 24.2. The van der Waals surface area contributed by atoms with Crippen molar-refractivity contribution in [3.8, 4) is 0 Å². The number of nitrogens with one attached hydrogen (secondary N) is 2. The van der Waals surface area contributed by atoms with Crippen molar-refractivity contribution < 1.29 is 22.8 Å². The molecule has 2 N–H and O–H groups in total. The standard InChI is InChI=1S/C12H20F3N3O2/c1-18(7-10(19)17-8-12(13,14)15)11(20)3-2-9-4-5-16-6-9/h9,16H,2-8H2,1H3,(H,17,19). The molecule has 0 aromatic carbocycles. The fourth-order valence-electron chi connectivity index (χ4n) is 2.04. The zero-order valence-corrected chi connectivity index (χ0v) is 11.4. The van der Waals surface area contributed by atoms with Crippen LogP contribution in [0.5, 0.6) is 0 Å². The lowest BCUT2D eigenvalue weighted by Crippen LogP contribution is -2.41. The Hall–Kier alpha value is -1.31. The van der Waals surface area contributed by atoms with Gasteiger partial charge >= 0.3 is 6.18 Å². The number of carbonyl (C=O) groups is 2. The average Bonchev–Trinajstić information content (AvgIpc) is 2.85. The van der Waals surface area contributed by atoms with Crippen LogP contribution in [0.4, 0.5) is 13.2 Å². The van der Waals surface area contributed by atoms with Crippen molar-refractivity contribution in [2.24, 2.45) is 5.92 Å². The summed E-state index contributed by atoms with van der Waals surface area (Å²) in [5, 5.41) is 4.93. The van der Waals surface area contributed by atoms with E-state index in [1.165, 1.54) is 7.05 Å². The zero-order chi connectivity index (χ0) is 15.2. The van der Waals surface area contributed by atoms with Crippen molar-refractivity contribution >= 4 is 11.8 Å². The quantitative estimate of drug-likeness (QED) is 0.751. The van der Waals surface area contributed by atoms with Crippen LogP contribution in [-0.2, 0) is 9.59 Å². The van der Waals surface area contributed by atoms with E-state index in [-0.39, 0.29) is 12.5 Å². The lowest BCUT2D eigenvalue weighted by atomic mass is 10.0. The highest BCUT2D eigenvalue weighted by atomic mass is 19.4. The molecule has 116 valence electrons. The molecule has 1 fully saturated rings. The molecule has 5 nitrogen and oxygen atoms in total. The summed E-state index contributed by atoms with van der Waals surface area (Å²) in [7, 11) is 1.42. The van der Waals surface area contributed by atoms with Gasteiger partial charge in [0.05, 0.1) is 6.54 Å². The molecule has 20 heavy (non-hydrogen) atoms. The Morgan fingerprint density at radius 1 is 1.40 bits per heavy atom. The first-order chi connectivity index (χ1) is 9.28. The van der Waals surface area contributed by atoms with Gasteiger partial charge in [0, 0.05) is 13.5 Å². The molecule has 0 aromatic heterocycles. The maximum Gasteiger partial charge on any atom is 0.405 e. The normalized spacial score (nSPS) is 18.9. The molecular weight excluding hydrogens is 275 g/mol. The van der Waals surface area contributed by atoms with Crippen LogP contribution < -0.4 is 10.6 Å². The minimum absolute atomic E-state index is 0.223. The monoisotopic (exact) mass is 295 g/mol. The third-order valence-corrected chi connectivity index (χ3v) is 3.22. The molecule has 0 spiro atoms. The molecule has 0 bridgehead atoms. The first-order valence-electron chi connectivity index (χ1n) is 6.56. The van der Waals surface area contributed by atoms with Gasteiger partial charge in [-0.1, -0.05) is 0 Å². The summed E-state index contributed by atoms with van der Waals surface area (Å²) in [6.45, 7) is 0.122. The molecule has 0 aromatic rings. The number of carbonyl (C=O) groups excluding carboxylic acids is 2. The smallest absolute Gasteiger partial charge is 0.345 e. The number of hydrogen-bond acceptors (Lipinski definition) is 3. The Morgan fingerprint density at radius 3 is 2.65 bits per heavy atom. The second kappa shape index (κ2) is 7.47. The molecule has 8 heteroatoms. The molecule has 0 radical (unpaired) electrons. The maximum absolute atomic E-state index is 11.9. The van der Waals surface area contributed by atoms with Gasteiger partial charge in [-0.2, -0.15) is 13.2 Å². The van der Waals surface area contributed by atoms with Gasteiger partial charge in [-0.15, -0.1) is 0 Å². The molecule has 1 heterocycles. The third kappa shape index (κ3) is 6.74. The summed E-state index contributed by atoms with van der Waals surface area (Å²) in [6, 6.07) is 0. The second-order valence-electron chi connectivity index (χ2n) is 5.04. The van der Waals surface area contributed by atoms with Crippen molar-refractivity contribution in [1.82, 2.24) is 15.5 Å². The third-order valence-electron chi connectivity index (χ3n) is 3.22. The van der Waals surface area contributed by atoms with E-state index >= 15 is 0 Å². The number of rotatable bonds is 6. The van der Waals surface area contributed by atoms with Gasteiger partial charge in [-0.3, -0.25) is 9.59 Å². The molecule has 1 unspecified atom stereocenters. The molecule has 1 saturated heterocycles. The Labute approximate surface area is 115 Å². The molecule has 1 rings (SSSR count). The Bertz CT molecular complexity index is 341. The summed E-state index contributed by atoms with van der Waals surface area (Å²) < 4.78 is 35.7. The number of likely N-dealkylation sites (N-methyl/N-ethyl adjacent to an activating group) is 1. The molecule has 0 aliphatic carbocycles. The first-order valence-corrected chi connectivity index (χ1v) is 6.56. The van der Waals surface area contributed by atoms with Crippen molar-refractivity contribution in [1.29, 1.82) is 0 Å². The predicted molar refractivity (Wildman–Crippen MR) is 66.9 cm³/mol. The maximum atomic E-state index is 11.9. The van der Waals surface area contributed by atoms with E-state index in [2.05, 4.69) is 5.32 Å². The summed E-state index contributed by atoms with van der Waals surface area (Å²) >= 11 is 0. The van der Waals surface area contributed by atoms with Crippen LogP contribution >= 0.6 is 0 Å². The van der Waals surface area contributed by atoms with E-state index in [4.69, 9.17) is 0 Å². The molecule has 0 saturated carbocycles. The Kier molecular flexibility index (Phi) is 6.25. The van der Waals surface area contributed by atoms with Gasteiger partial charge in [-0.05, 0) is 31.8 Å². The van der Waals surface area contributed by atoms with Gasteiger partial charge in [0.25, 0.3) is 0 Å². The number of amides is 2. The predicted octanol–water partition coefficient (Wildman–Crippen LogP) is 0.513. The highest BCUT2D eigenvalue weighted by Crippen LogP contribution is 2.15. The highest BCUT2D eigenvalue weighted by molar-refractivity contribution is 5.84. The number of alkyl halides is 3. The van der Waals surface area contributed by atoms with E-state index in [0.717, 1.165) is 30.8 Å². The van der Waals surface area contributed by atoms with Gasteiger partial charge in [0.1, 0.15) is 6.54 Å². The van der Waals surface area contributed by atoms with Gasteiger partial charge in [-0.25, -0.2) is 0 Å². The molecule has 1 aliphatic rings. The van der Waals surface area contributed by atoms with Gasteiger partial charge < -0.3 is 15.5 Å². The molecule has 1 aliphatic heterocycles. The lowest BCUT2D eigenvalue weighted by Gasteiger charge is -2.18. The van der Waals surface area contributed by atoms with E-state index in [1.807, 2.05) is 0 Å². The number of hydrogen-bond donors (Lipinski definition) is 2. The van der Waals surface area contributed by atoms with Crippen molar-refractivity contribution in [2.45, 2.75) is 25.4 Å². The van der Waals surface area contributed by atoms with Crippen LogP contribution in [0.2, 0.25) is 0 Å². The minimum Gasteiger partial charge on any atom is -0.345 e. The minimum atomic E-state index is -4.44. The Morgan fingerprint density at radius 2 is 2.10 bits per heavy atom. The molecule has 1 atom stereocenters. The van der Waals surface area contributed by atoms with E-state index in [0.29, 0.717) is 12.3 Å². The first kappa shape index (κ1) is 16.7. The van der Waals surface area contributed by atoms with E-state index in [9.17, 15) is 22.8 Å². The summed E-state index contributed by atoms with van der Waals surface area (Å²) in [5.74, 6) is -0.564. The molecule has 2 amide bonds. The van der Waals surface area contributed by atoms with E-state index < -0.39 is 18.6 Å². The van der Waals surface area contributed by atoms with Crippen LogP contribution in [-0.4, -0.2) is 56.1 Å². The van der Waals surface area contributed by atoms with Crippen LogP contribution in [0.3, 0.4) is 0 Å². The van der Waals surface area contributed by atoms with Crippen LogP contribution in [0.25, 0.3) is 0 Å². The fourth-order valence-corrected chi connectivity index (χ4v) is 2.04. The van der Waals surface area contributed by atoms with E-state index in [1.54, 1.807) is 5.32 Å². The summed E-state index contributed by atoms with van der Waals surface area (Å²) in [6.07, 6.45) is -2.35. The largest absolute Gasteiger partial charge is 0.405 e. The zero-order valence-electron chi connectivity index (χ0n) is 11.4.